The van der Waals surface area contributed by atoms with E-state index in [1.54, 1.807) is 0 Å². The lowest BCUT2D eigenvalue weighted by Crippen LogP contribution is -2.42. The van der Waals surface area contributed by atoms with E-state index in [2.05, 4.69) is 44.1 Å². The van der Waals surface area contributed by atoms with E-state index in [0.29, 0.717) is 6.04 Å². The molecule has 0 aromatic carbocycles. The molecule has 17 heavy (non-hydrogen) atoms. The van der Waals surface area contributed by atoms with Crippen molar-refractivity contribution in [2.45, 2.75) is 32.2 Å². The average molecular weight is 298 g/mol. The van der Waals surface area contributed by atoms with Gasteiger partial charge in [-0.3, -0.25) is 4.98 Å². The number of nitrogens with zero attached hydrogens (tertiary/aromatic N) is 2. The number of hydrogen-bond acceptors (Lipinski definition) is 3. The summed E-state index contributed by atoms with van der Waals surface area (Å²) in [6, 6.07) is 2.85. The molecule has 94 valence electrons. The van der Waals surface area contributed by atoms with Crippen LogP contribution >= 0.6 is 15.9 Å². The summed E-state index contributed by atoms with van der Waals surface area (Å²) >= 11 is 3.47. The Morgan fingerprint density at radius 2 is 2.18 bits per heavy atom. The van der Waals surface area contributed by atoms with E-state index >= 15 is 0 Å². The van der Waals surface area contributed by atoms with Crippen LogP contribution in [0.4, 0.5) is 5.69 Å². The standard InChI is InChI=1S/C13H20BrN3/c1-2-5-16-12-3-6-17(7-4-12)13-8-11(14)9-15-10-13/h8-10,12,16H,2-7H2,1H3. The molecule has 2 heterocycles. The lowest BCUT2D eigenvalue weighted by atomic mass is 10.0. The van der Waals surface area contributed by atoms with Gasteiger partial charge in [0.15, 0.2) is 0 Å². The van der Waals surface area contributed by atoms with Gasteiger partial charge in [-0.15, -0.1) is 0 Å². The van der Waals surface area contributed by atoms with Crippen molar-refractivity contribution in [3.8, 4) is 0 Å². The predicted molar refractivity (Wildman–Crippen MR) is 75.5 cm³/mol. The molecule has 0 aliphatic carbocycles. The average Bonchev–Trinajstić information content (AvgIpc) is 2.37. The minimum atomic E-state index is 0.700. The molecule has 3 nitrogen and oxygen atoms in total. The first-order chi connectivity index (χ1) is 8.29. The Morgan fingerprint density at radius 1 is 1.41 bits per heavy atom. The number of pyridine rings is 1. The number of nitrogens with one attached hydrogen (secondary N) is 1. The molecule has 0 amide bonds. The van der Waals surface area contributed by atoms with Crippen LogP contribution in [0, 0.1) is 0 Å². The van der Waals surface area contributed by atoms with Gasteiger partial charge < -0.3 is 10.2 Å². The maximum absolute atomic E-state index is 4.22. The Morgan fingerprint density at radius 3 is 2.82 bits per heavy atom. The Bertz CT molecular complexity index is 348. The highest BCUT2D eigenvalue weighted by atomic mass is 79.9. The molecule has 1 aliphatic rings. The van der Waals surface area contributed by atoms with Crippen LogP contribution in [-0.4, -0.2) is 30.7 Å². The van der Waals surface area contributed by atoms with Gasteiger partial charge in [-0.05, 0) is 47.8 Å². The number of piperidine rings is 1. The zero-order valence-electron chi connectivity index (χ0n) is 10.3. The van der Waals surface area contributed by atoms with E-state index in [-0.39, 0.29) is 0 Å². The lowest BCUT2D eigenvalue weighted by Gasteiger charge is -2.33. The second kappa shape index (κ2) is 6.36. The molecule has 0 bridgehead atoms. The maximum atomic E-state index is 4.22. The van der Waals surface area contributed by atoms with Gasteiger partial charge >= 0.3 is 0 Å². The molecule has 0 radical (unpaired) electrons. The number of rotatable bonds is 4. The van der Waals surface area contributed by atoms with E-state index in [1.807, 2.05) is 12.4 Å². The molecular formula is C13H20BrN3. The third-order valence-electron chi connectivity index (χ3n) is 3.23. The Hall–Kier alpha value is -0.610. The van der Waals surface area contributed by atoms with Gasteiger partial charge in [0.1, 0.15) is 0 Å². The molecule has 1 N–H and O–H groups in total. The van der Waals surface area contributed by atoms with Crippen LogP contribution in [0.2, 0.25) is 0 Å². The molecule has 1 saturated heterocycles. The summed E-state index contributed by atoms with van der Waals surface area (Å²) < 4.78 is 1.06. The largest absolute Gasteiger partial charge is 0.370 e. The third-order valence-corrected chi connectivity index (χ3v) is 3.67. The first-order valence-electron chi connectivity index (χ1n) is 6.38. The topological polar surface area (TPSA) is 28.2 Å². The van der Waals surface area contributed by atoms with Gasteiger partial charge in [-0.1, -0.05) is 6.92 Å². The number of halogens is 1. The number of anilines is 1. The predicted octanol–water partition coefficient (Wildman–Crippen LogP) is 2.81. The van der Waals surface area contributed by atoms with Crippen molar-refractivity contribution in [2.75, 3.05) is 24.5 Å². The number of hydrogen-bond donors (Lipinski definition) is 1. The van der Waals surface area contributed by atoms with Crippen molar-refractivity contribution in [1.82, 2.24) is 10.3 Å². The molecule has 0 atom stereocenters. The first kappa shape index (κ1) is 12.8. The second-order valence-corrected chi connectivity index (χ2v) is 5.49. The SMILES string of the molecule is CCCNC1CCN(c2cncc(Br)c2)CC1. The van der Waals surface area contributed by atoms with Crippen LogP contribution in [-0.2, 0) is 0 Å². The van der Waals surface area contributed by atoms with E-state index in [4.69, 9.17) is 0 Å². The van der Waals surface area contributed by atoms with Gasteiger partial charge in [0.2, 0.25) is 0 Å². The van der Waals surface area contributed by atoms with E-state index in [9.17, 15) is 0 Å². The van der Waals surface area contributed by atoms with Crippen molar-refractivity contribution in [2.24, 2.45) is 0 Å². The molecule has 2 rings (SSSR count). The van der Waals surface area contributed by atoms with Gasteiger partial charge in [0.05, 0.1) is 11.9 Å². The Balaban J connectivity index is 1.86. The van der Waals surface area contributed by atoms with Crippen LogP contribution in [0.3, 0.4) is 0 Å². The number of aromatic nitrogens is 1. The monoisotopic (exact) mass is 297 g/mol. The van der Waals surface area contributed by atoms with Crippen molar-refractivity contribution in [3.63, 3.8) is 0 Å². The van der Waals surface area contributed by atoms with Crippen LogP contribution in [0.25, 0.3) is 0 Å². The van der Waals surface area contributed by atoms with Gasteiger partial charge in [0.25, 0.3) is 0 Å². The highest BCUT2D eigenvalue weighted by Gasteiger charge is 2.18. The lowest BCUT2D eigenvalue weighted by molar-refractivity contribution is 0.416. The summed E-state index contributed by atoms with van der Waals surface area (Å²) in [4.78, 5) is 6.64. The summed E-state index contributed by atoms with van der Waals surface area (Å²) in [6.07, 6.45) is 7.46. The molecule has 0 unspecified atom stereocenters. The highest BCUT2D eigenvalue weighted by molar-refractivity contribution is 9.10. The van der Waals surface area contributed by atoms with Crippen molar-refractivity contribution < 1.29 is 0 Å². The molecule has 1 fully saturated rings. The molecule has 4 heteroatoms. The summed E-state index contributed by atoms with van der Waals surface area (Å²) in [5.41, 5.74) is 1.23. The summed E-state index contributed by atoms with van der Waals surface area (Å²) in [6.45, 7) is 5.61. The molecule has 0 spiro atoms. The van der Waals surface area contributed by atoms with Crippen LogP contribution < -0.4 is 10.2 Å². The van der Waals surface area contributed by atoms with Crippen LogP contribution in [0.1, 0.15) is 26.2 Å². The van der Waals surface area contributed by atoms with Gasteiger partial charge in [-0.2, -0.15) is 0 Å². The van der Waals surface area contributed by atoms with E-state index in [1.165, 1.54) is 24.9 Å². The van der Waals surface area contributed by atoms with Crippen molar-refractivity contribution >= 4 is 21.6 Å². The van der Waals surface area contributed by atoms with Gasteiger partial charge in [-0.25, -0.2) is 0 Å². The van der Waals surface area contributed by atoms with Crippen LogP contribution in [0.5, 0.6) is 0 Å². The molecule has 1 aromatic heterocycles. The quantitative estimate of drug-likeness (QED) is 0.926. The molecule has 0 saturated carbocycles. The fourth-order valence-electron chi connectivity index (χ4n) is 2.26. The van der Waals surface area contributed by atoms with Crippen LogP contribution in [0.15, 0.2) is 22.9 Å². The maximum Gasteiger partial charge on any atom is 0.0564 e. The third kappa shape index (κ3) is 3.68. The first-order valence-corrected chi connectivity index (χ1v) is 7.17. The fraction of sp³-hybridized carbons (Fsp3) is 0.615. The summed E-state index contributed by atoms with van der Waals surface area (Å²) in [5, 5.41) is 3.60. The zero-order valence-corrected chi connectivity index (χ0v) is 11.9. The van der Waals surface area contributed by atoms with Gasteiger partial charge in [0, 0.05) is 29.8 Å². The van der Waals surface area contributed by atoms with Crippen molar-refractivity contribution in [3.05, 3.63) is 22.9 Å². The van der Waals surface area contributed by atoms with Crippen molar-refractivity contribution in [1.29, 1.82) is 0 Å². The molecular weight excluding hydrogens is 278 g/mol. The fourth-order valence-corrected chi connectivity index (χ4v) is 2.62. The second-order valence-electron chi connectivity index (χ2n) is 4.58. The highest BCUT2D eigenvalue weighted by Crippen LogP contribution is 2.22. The molecule has 1 aromatic rings. The summed E-state index contributed by atoms with van der Waals surface area (Å²) in [7, 11) is 0. The molecule has 1 aliphatic heterocycles. The Kier molecular flexibility index (Phi) is 4.80. The smallest absolute Gasteiger partial charge is 0.0564 e. The zero-order chi connectivity index (χ0) is 12.1. The summed E-state index contributed by atoms with van der Waals surface area (Å²) in [5.74, 6) is 0. The minimum Gasteiger partial charge on any atom is -0.370 e. The normalized spacial score (nSPS) is 17.4. The minimum absolute atomic E-state index is 0.700. The van der Waals surface area contributed by atoms with E-state index in [0.717, 1.165) is 24.1 Å². The van der Waals surface area contributed by atoms with E-state index < -0.39 is 0 Å². The Labute approximate surface area is 112 Å².